The number of thioether (sulfide) groups is 1. The van der Waals surface area contributed by atoms with E-state index in [-0.39, 0.29) is 11.3 Å². The molecular formula is C20H13FN2O4S. The minimum Gasteiger partial charge on any atom is -0.274 e. The van der Waals surface area contributed by atoms with Gasteiger partial charge in [-0.1, -0.05) is 30.3 Å². The SMILES string of the molecule is O=C1C[C@@H](N2C(=O)SC(=Cc3ccc(F)cc3)C2=O)C(=O)N1c1ccccc1. The van der Waals surface area contributed by atoms with E-state index in [1.807, 2.05) is 0 Å². The molecule has 140 valence electrons. The topological polar surface area (TPSA) is 74.8 Å². The summed E-state index contributed by atoms with van der Waals surface area (Å²) < 4.78 is 13.0. The van der Waals surface area contributed by atoms with Crippen LogP contribution in [0.1, 0.15) is 12.0 Å². The normalized spacial score (nSPS) is 21.3. The predicted molar refractivity (Wildman–Crippen MR) is 102 cm³/mol. The van der Waals surface area contributed by atoms with E-state index in [0.717, 1.165) is 9.80 Å². The van der Waals surface area contributed by atoms with Gasteiger partial charge in [0.1, 0.15) is 11.9 Å². The Balaban J connectivity index is 1.60. The van der Waals surface area contributed by atoms with Crippen LogP contribution < -0.4 is 4.90 Å². The van der Waals surface area contributed by atoms with E-state index in [1.165, 1.54) is 30.3 Å². The lowest BCUT2D eigenvalue weighted by atomic mass is 10.2. The van der Waals surface area contributed by atoms with Crippen LogP contribution >= 0.6 is 11.8 Å². The predicted octanol–water partition coefficient (Wildman–Crippen LogP) is 3.19. The number of anilines is 1. The number of benzene rings is 2. The fraction of sp³-hybridized carbons (Fsp3) is 0.100. The summed E-state index contributed by atoms with van der Waals surface area (Å²) in [6.45, 7) is 0. The molecule has 2 aliphatic rings. The number of halogens is 1. The molecule has 6 nitrogen and oxygen atoms in total. The van der Waals surface area contributed by atoms with Crippen molar-refractivity contribution in [3.8, 4) is 0 Å². The number of hydrogen-bond donors (Lipinski definition) is 0. The van der Waals surface area contributed by atoms with Crippen LogP contribution in [0.4, 0.5) is 14.9 Å². The molecule has 2 aliphatic heterocycles. The molecule has 2 fully saturated rings. The highest BCUT2D eigenvalue weighted by molar-refractivity contribution is 8.18. The number of carbonyl (C=O) groups excluding carboxylic acids is 4. The average Bonchev–Trinajstić information content (AvgIpc) is 3.12. The Morgan fingerprint density at radius 1 is 0.964 bits per heavy atom. The second kappa shape index (κ2) is 7.05. The molecule has 2 aromatic rings. The van der Waals surface area contributed by atoms with Crippen LogP contribution in [0.25, 0.3) is 6.08 Å². The third kappa shape index (κ3) is 3.11. The van der Waals surface area contributed by atoms with E-state index in [2.05, 4.69) is 0 Å². The summed E-state index contributed by atoms with van der Waals surface area (Å²) in [7, 11) is 0. The lowest BCUT2D eigenvalue weighted by Gasteiger charge is -2.19. The highest BCUT2D eigenvalue weighted by Gasteiger charge is 2.50. The number of hydrogen-bond acceptors (Lipinski definition) is 5. The second-order valence-electron chi connectivity index (χ2n) is 6.23. The summed E-state index contributed by atoms with van der Waals surface area (Å²) in [5, 5.41) is -0.612. The van der Waals surface area contributed by atoms with Crippen LogP contribution in [0.3, 0.4) is 0 Å². The standard InChI is InChI=1S/C20H13FN2O4S/c21-13-8-6-12(7-9-13)10-16-19(26)23(20(27)28-16)15-11-17(24)22(18(15)25)14-4-2-1-3-5-14/h1-10,15H,11H2/t15-/m1/s1. The summed E-state index contributed by atoms with van der Waals surface area (Å²) >= 11 is 0.691. The lowest BCUT2D eigenvalue weighted by molar-refractivity contribution is -0.130. The number of amides is 4. The van der Waals surface area contributed by atoms with Crippen molar-refractivity contribution in [2.45, 2.75) is 12.5 Å². The highest BCUT2D eigenvalue weighted by Crippen LogP contribution is 2.37. The van der Waals surface area contributed by atoms with Gasteiger partial charge in [-0.2, -0.15) is 0 Å². The Morgan fingerprint density at radius 2 is 1.64 bits per heavy atom. The van der Waals surface area contributed by atoms with Crippen LogP contribution in [-0.4, -0.2) is 33.9 Å². The Morgan fingerprint density at radius 3 is 2.32 bits per heavy atom. The summed E-state index contributed by atoms with van der Waals surface area (Å²) in [6, 6.07) is 12.6. The monoisotopic (exact) mass is 396 g/mol. The van der Waals surface area contributed by atoms with E-state index in [1.54, 1.807) is 30.3 Å². The largest absolute Gasteiger partial charge is 0.294 e. The first-order chi connectivity index (χ1) is 13.5. The Labute approximate surface area is 163 Å². The maximum absolute atomic E-state index is 13.0. The Bertz CT molecular complexity index is 1020. The fourth-order valence-corrected chi connectivity index (χ4v) is 4.00. The van der Waals surface area contributed by atoms with E-state index < -0.39 is 34.8 Å². The molecule has 8 heteroatoms. The third-order valence-corrected chi connectivity index (χ3v) is 5.32. The minimum atomic E-state index is -1.17. The molecule has 4 rings (SSSR count). The second-order valence-corrected chi connectivity index (χ2v) is 7.22. The van der Waals surface area contributed by atoms with Crippen molar-refractivity contribution in [1.29, 1.82) is 0 Å². The number of carbonyl (C=O) groups is 4. The first-order valence-corrected chi connectivity index (χ1v) is 9.22. The van der Waals surface area contributed by atoms with Crippen LogP contribution in [-0.2, 0) is 14.4 Å². The molecule has 0 bridgehead atoms. The maximum atomic E-state index is 13.0. The molecule has 0 aromatic heterocycles. The Kier molecular flexibility index (Phi) is 4.56. The molecule has 28 heavy (non-hydrogen) atoms. The van der Waals surface area contributed by atoms with Gasteiger partial charge < -0.3 is 0 Å². The van der Waals surface area contributed by atoms with E-state index in [4.69, 9.17) is 0 Å². The summed E-state index contributed by atoms with van der Waals surface area (Å²) in [4.78, 5) is 52.2. The molecule has 0 unspecified atom stereocenters. The van der Waals surface area contributed by atoms with Crippen LogP contribution in [0.2, 0.25) is 0 Å². The van der Waals surface area contributed by atoms with Gasteiger partial charge in [0, 0.05) is 0 Å². The molecule has 2 saturated heterocycles. The van der Waals surface area contributed by atoms with E-state index in [9.17, 15) is 23.6 Å². The zero-order chi connectivity index (χ0) is 19.8. The lowest BCUT2D eigenvalue weighted by Crippen LogP contribution is -2.44. The highest BCUT2D eigenvalue weighted by atomic mass is 32.2. The number of para-hydroxylation sites is 1. The van der Waals surface area contributed by atoms with Gasteiger partial charge in [0.25, 0.3) is 17.1 Å². The van der Waals surface area contributed by atoms with Gasteiger partial charge in [0.15, 0.2) is 0 Å². The van der Waals surface area contributed by atoms with Crippen molar-refractivity contribution in [3.63, 3.8) is 0 Å². The molecular weight excluding hydrogens is 383 g/mol. The van der Waals surface area contributed by atoms with Gasteiger partial charge in [-0.25, -0.2) is 9.29 Å². The maximum Gasteiger partial charge on any atom is 0.294 e. The van der Waals surface area contributed by atoms with Crippen molar-refractivity contribution in [1.82, 2.24) is 4.90 Å². The van der Waals surface area contributed by atoms with Crippen LogP contribution in [0.5, 0.6) is 0 Å². The van der Waals surface area contributed by atoms with Crippen molar-refractivity contribution in [2.75, 3.05) is 4.90 Å². The van der Waals surface area contributed by atoms with Crippen molar-refractivity contribution in [2.24, 2.45) is 0 Å². The van der Waals surface area contributed by atoms with Gasteiger partial charge in [0.05, 0.1) is 17.0 Å². The van der Waals surface area contributed by atoms with Crippen molar-refractivity contribution < 1.29 is 23.6 Å². The molecule has 0 aliphatic carbocycles. The molecule has 2 aromatic carbocycles. The smallest absolute Gasteiger partial charge is 0.274 e. The van der Waals surface area contributed by atoms with Crippen LogP contribution in [0, 0.1) is 5.82 Å². The van der Waals surface area contributed by atoms with E-state index in [0.29, 0.717) is 23.0 Å². The third-order valence-electron chi connectivity index (χ3n) is 4.44. The summed E-state index contributed by atoms with van der Waals surface area (Å²) in [5.41, 5.74) is 0.945. The van der Waals surface area contributed by atoms with Gasteiger partial charge in [-0.15, -0.1) is 0 Å². The zero-order valence-corrected chi connectivity index (χ0v) is 15.2. The molecule has 4 amide bonds. The first-order valence-electron chi connectivity index (χ1n) is 8.40. The zero-order valence-electron chi connectivity index (χ0n) is 14.4. The van der Waals surface area contributed by atoms with Crippen LogP contribution in [0.15, 0.2) is 59.5 Å². The van der Waals surface area contributed by atoms with Gasteiger partial charge in [-0.3, -0.25) is 24.1 Å². The molecule has 0 spiro atoms. The van der Waals surface area contributed by atoms with Gasteiger partial charge >= 0.3 is 0 Å². The molecule has 0 saturated carbocycles. The van der Waals surface area contributed by atoms with E-state index >= 15 is 0 Å². The number of imide groups is 2. The van der Waals surface area contributed by atoms with Gasteiger partial charge in [0.2, 0.25) is 5.91 Å². The Hall–Kier alpha value is -3.26. The number of nitrogens with zero attached hydrogens (tertiary/aromatic N) is 2. The fourth-order valence-electron chi connectivity index (χ4n) is 3.12. The quantitative estimate of drug-likeness (QED) is 0.588. The van der Waals surface area contributed by atoms with Crippen molar-refractivity contribution in [3.05, 3.63) is 70.9 Å². The molecule has 1 atom stereocenters. The minimum absolute atomic E-state index is 0.120. The average molecular weight is 396 g/mol. The number of rotatable bonds is 3. The first kappa shape index (κ1) is 18.1. The summed E-state index contributed by atoms with van der Waals surface area (Å²) in [6.07, 6.45) is 1.20. The molecule has 0 radical (unpaired) electrons. The van der Waals surface area contributed by atoms with Crippen molar-refractivity contribution >= 4 is 46.5 Å². The van der Waals surface area contributed by atoms with Gasteiger partial charge in [-0.05, 0) is 47.7 Å². The summed E-state index contributed by atoms with van der Waals surface area (Å²) in [5.74, 6) is -2.13. The molecule has 2 heterocycles. The molecule has 0 N–H and O–H groups in total.